The molecule has 25 heavy (non-hydrogen) atoms. The van der Waals surface area contributed by atoms with Crippen LogP contribution in [0.2, 0.25) is 0 Å². The predicted molar refractivity (Wildman–Crippen MR) is 105 cm³/mol. The zero-order valence-corrected chi connectivity index (χ0v) is 15.1. The van der Waals surface area contributed by atoms with Crippen molar-refractivity contribution in [1.82, 2.24) is 0 Å². The highest BCUT2D eigenvalue weighted by Gasteiger charge is 2.34. The number of rotatable bonds is 13. The maximum Gasteiger partial charge on any atom is 0.303 e. The number of epoxide rings is 1. The van der Waals surface area contributed by atoms with Gasteiger partial charge >= 0.3 is 5.97 Å². The highest BCUT2D eigenvalue weighted by atomic mass is 16.6. The van der Waals surface area contributed by atoms with Crippen LogP contribution in [0.1, 0.15) is 45.4 Å². The second-order valence-electron chi connectivity index (χ2n) is 5.80. The fraction of sp³-hybridized carbons (Fsp3) is 0.409. The van der Waals surface area contributed by atoms with Gasteiger partial charge in [-0.1, -0.05) is 79.8 Å². The van der Waals surface area contributed by atoms with Gasteiger partial charge in [0.15, 0.2) is 0 Å². The zero-order chi connectivity index (χ0) is 18.2. The number of hydrogen-bond acceptors (Lipinski definition) is 2. The Morgan fingerprint density at radius 2 is 1.64 bits per heavy atom. The summed E-state index contributed by atoms with van der Waals surface area (Å²) in [7, 11) is 0. The third kappa shape index (κ3) is 12.9. The third-order valence-electron chi connectivity index (χ3n) is 3.57. The van der Waals surface area contributed by atoms with Crippen molar-refractivity contribution in [2.45, 2.75) is 57.7 Å². The standard InChI is InChI=1S/C22H30O3/c1-2-3-14-17-20-21(25-20)18-15-12-10-8-6-4-5-7-9-11-13-16-19-22(23)24/h3,5-8,10-15,18,20-21H,2,4,9,16-17,19H2,1H3,(H,23,24)/b7-5-,8-6-,12-10+,13-11-,14-3-,18-15+/t20-,21+/m0/s1. The van der Waals surface area contributed by atoms with Gasteiger partial charge in [-0.25, -0.2) is 0 Å². The average Bonchev–Trinajstić information content (AvgIpc) is 3.33. The second kappa shape index (κ2) is 14.2. The van der Waals surface area contributed by atoms with Crippen molar-refractivity contribution in [3.05, 3.63) is 72.9 Å². The van der Waals surface area contributed by atoms with Crippen LogP contribution in [0, 0.1) is 0 Å². The van der Waals surface area contributed by atoms with Crippen LogP contribution in [0.4, 0.5) is 0 Å². The van der Waals surface area contributed by atoms with Gasteiger partial charge in [0.05, 0.1) is 6.10 Å². The molecule has 0 radical (unpaired) electrons. The third-order valence-corrected chi connectivity index (χ3v) is 3.57. The summed E-state index contributed by atoms with van der Waals surface area (Å²) >= 11 is 0. The van der Waals surface area contributed by atoms with E-state index in [4.69, 9.17) is 9.84 Å². The summed E-state index contributed by atoms with van der Waals surface area (Å²) in [5, 5.41) is 8.50. The van der Waals surface area contributed by atoms with Crippen molar-refractivity contribution in [3.63, 3.8) is 0 Å². The van der Waals surface area contributed by atoms with Crippen molar-refractivity contribution >= 4 is 5.97 Å². The minimum Gasteiger partial charge on any atom is -0.481 e. The van der Waals surface area contributed by atoms with E-state index in [0.717, 1.165) is 25.7 Å². The molecule has 0 aromatic heterocycles. The number of carboxylic acid groups (broad SMARTS) is 1. The topological polar surface area (TPSA) is 49.8 Å². The Balaban J connectivity index is 2.01. The van der Waals surface area contributed by atoms with Gasteiger partial charge in [-0.05, 0) is 32.1 Å². The number of carboxylic acids is 1. The first-order valence-electron chi connectivity index (χ1n) is 9.06. The molecule has 1 fully saturated rings. The normalized spacial score (nSPS) is 21.2. The first-order valence-corrected chi connectivity index (χ1v) is 9.06. The molecule has 1 heterocycles. The number of ether oxygens (including phenoxy) is 1. The molecule has 2 atom stereocenters. The first-order chi connectivity index (χ1) is 12.2. The smallest absolute Gasteiger partial charge is 0.303 e. The monoisotopic (exact) mass is 342 g/mol. The predicted octanol–water partition coefficient (Wildman–Crippen LogP) is 5.54. The molecule has 1 aliphatic heterocycles. The molecular weight excluding hydrogens is 312 g/mol. The van der Waals surface area contributed by atoms with Crippen LogP contribution in [-0.4, -0.2) is 23.3 Å². The van der Waals surface area contributed by atoms with E-state index < -0.39 is 5.97 Å². The van der Waals surface area contributed by atoms with Gasteiger partial charge in [0.2, 0.25) is 0 Å². The highest BCUT2D eigenvalue weighted by molar-refractivity contribution is 5.66. The van der Waals surface area contributed by atoms with E-state index in [1.807, 2.05) is 36.5 Å². The summed E-state index contributed by atoms with van der Waals surface area (Å²) in [5.74, 6) is -0.748. The molecule has 1 saturated heterocycles. The summed E-state index contributed by atoms with van der Waals surface area (Å²) in [6, 6.07) is 0. The molecule has 3 nitrogen and oxygen atoms in total. The van der Waals surface area contributed by atoms with Gasteiger partial charge in [0.25, 0.3) is 0 Å². The molecule has 0 unspecified atom stereocenters. The number of hydrogen-bond donors (Lipinski definition) is 1. The van der Waals surface area contributed by atoms with E-state index >= 15 is 0 Å². The average molecular weight is 342 g/mol. The lowest BCUT2D eigenvalue weighted by molar-refractivity contribution is -0.136. The number of allylic oxidation sites excluding steroid dienone is 10. The number of aliphatic carboxylic acids is 1. The van der Waals surface area contributed by atoms with E-state index in [9.17, 15) is 4.79 Å². The second-order valence-corrected chi connectivity index (χ2v) is 5.80. The fourth-order valence-corrected chi connectivity index (χ4v) is 2.14. The van der Waals surface area contributed by atoms with E-state index in [0.29, 0.717) is 12.5 Å². The Kier molecular flexibility index (Phi) is 11.9. The van der Waals surface area contributed by atoms with Crippen molar-refractivity contribution < 1.29 is 14.6 Å². The number of carbonyl (C=O) groups is 1. The molecule has 0 aromatic rings. The highest BCUT2D eigenvalue weighted by Crippen LogP contribution is 2.26. The Labute approximate surface area is 151 Å². The van der Waals surface area contributed by atoms with E-state index in [1.165, 1.54) is 0 Å². The summed E-state index contributed by atoms with van der Waals surface area (Å²) in [6.45, 7) is 2.14. The first kappa shape index (κ1) is 20.9. The lowest BCUT2D eigenvalue weighted by atomic mass is 10.2. The van der Waals surface area contributed by atoms with Crippen LogP contribution in [0.15, 0.2) is 72.9 Å². The molecule has 0 bridgehead atoms. The van der Waals surface area contributed by atoms with Crippen molar-refractivity contribution in [2.24, 2.45) is 0 Å². The van der Waals surface area contributed by atoms with Gasteiger partial charge in [0, 0.05) is 6.42 Å². The molecule has 0 aromatic carbocycles. The molecule has 0 amide bonds. The zero-order valence-electron chi connectivity index (χ0n) is 15.1. The lowest BCUT2D eigenvalue weighted by Gasteiger charge is -1.86. The van der Waals surface area contributed by atoms with Gasteiger partial charge < -0.3 is 9.84 Å². The van der Waals surface area contributed by atoms with Crippen LogP contribution in [0.3, 0.4) is 0 Å². The van der Waals surface area contributed by atoms with Gasteiger partial charge in [-0.15, -0.1) is 0 Å². The molecular formula is C22H30O3. The van der Waals surface area contributed by atoms with E-state index in [1.54, 1.807) is 0 Å². The Morgan fingerprint density at radius 1 is 0.920 bits per heavy atom. The van der Waals surface area contributed by atoms with Crippen LogP contribution >= 0.6 is 0 Å². The Bertz CT molecular complexity index is 535. The quantitative estimate of drug-likeness (QED) is 0.272. The van der Waals surface area contributed by atoms with Crippen molar-refractivity contribution in [1.29, 1.82) is 0 Å². The van der Waals surface area contributed by atoms with Gasteiger partial charge in [-0.3, -0.25) is 4.79 Å². The molecule has 1 N–H and O–H groups in total. The largest absolute Gasteiger partial charge is 0.481 e. The minimum absolute atomic E-state index is 0.202. The van der Waals surface area contributed by atoms with E-state index in [2.05, 4.69) is 43.4 Å². The Hall–Kier alpha value is -2.13. The van der Waals surface area contributed by atoms with E-state index in [-0.39, 0.29) is 12.5 Å². The molecule has 0 spiro atoms. The maximum atomic E-state index is 10.3. The molecule has 3 heteroatoms. The van der Waals surface area contributed by atoms with Gasteiger partial charge in [0.1, 0.15) is 6.10 Å². The summed E-state index contributed by atoms with van der Waals surface area (Å²) in [6.07, 6.45) is 30.1. The molecule has 1 aliphatic rings. The van der Waals surface area contributed by atoms with Crippen LogP contribution in [0.5, 0.6) is 0 Å². The SMILES string of the molecule is CC/C=C\C[C@@H]1O[C@@H]1/C=C/C=C/C=C\C/C=C\C/C=C\CCC(=O)O. The summed E-state index contributed by atoms with van der Waals surface area (Å²) < 4.78 is 5.55. The van der Waals surface area contributed by atoms with Crippen LogP contribution < -0.4 is 0 Å². The lowest BCUT2D eigenvalue weighted by Crippen LogP contribution is -1.91. The molecule has 0 aliphatic carbocycles. The fourth-order valence-electron chi connectivity index (χ4n) is 2.14. The van der Waals surface area contributed by atoms with Crippen molar-refractivity contribution in [3.8, 4) is 0 Å². The summed E-state index contributed by atoms with van der Waals surface area (Å²) in [5.41, 5.74) is 0. The van der Waals surface area contributed by atoms with Gasteiger partial charge in [-0.2, -0.15) is 0 Å². The Morgan fingerprint density at radius 3 is 2.40 bits per heavy atom. The molecule has 0 saturated carbocycles. The van der Waals surface area contributed by atoms with Crippen molar-refractivity contribution in [2.75, 3.05) is 0 Å². The van der Waals surface area contributed by atoms with Crippen LogP contribution in [-0.2, 0) is 9.53 Å². The van der Waals surface area contributed by atoms with Crippen LogP contribution in [0.25, 0.3) is 0 Å². The minimum atomic E-state index is -0.748. The molecule has 136 valence electrons. The summed E-state index contributed by atoms with van der Waals surface area (Å²) in [4.78, 5) is 10.3. The molecule has 1 rings (SSSR count). The maximum absolute atomic E-state index is 10.3.